The van der Waals surface area contributed by atoms with Crippen molar-refractivity contribution in [1.82, 2.24) is 4.90 Å². The molecule has 0 aliphatic carbocycles. The van der Waals surface area contributed by atoms with Gasteiger partial charge in [-0.3, -0.25) is 4.90 Å². The molecule has 1 heteroatoms. The molecule has 2 fully saturated rings. The van der Waals surface area contributed by atoms with Crippen molar-refractivity contribution in [1.29, 1.82) is 0 Å². The van der Waals surface area contributed by atoms with Crippen LogP contribution in [0.4, 0.5) is 0 Å². The first-order valence-corrected chi connectivity index (χ1v) is 5.05. The zero-order chi connectivity index (χ0) is 8.77. The van der Waals surface area contributed by atoms with Crippen LogP contribution >= 0.6 is 0 Å². The SMILES string of the molecule is C=C1CC(C)N2CCCC2(C)C1. The van der Waals surface area contributed by atoms with Gasteiger partial charge in [0.05, 0.1) is 0 Å². The maximum absolute atomic E-state index is 4.14. The Balaban J connectivity index is 2.22. The van der Waals surface area contributed by atoms with Crippen molar-refractivity contribution in [2.45, 2.75) is 51.1 Å². The Bertz CT molecular complexity index is 209. The standard InChI is InChI=1S/C11H19N/c1-9-7-10(2)12-6-4-5-11(12,3)8-9/h10H,1,4-8H2,2-3H3. The summed E-state index contributed by atoms with van der Waals surface area (Å²) in [5.41, 5.74) is 1.93. The molecule has 0 saturated carbocycles. The molecule has 2 aliphatic rings. The molecular formula is C11H19N. The molecule has 68 valence electrons. The lowest BCUT2D eigenvalue weighted by molar-refractivity contribution is 0.0844. The van der Waals surface area contributed by atoms with Gasteiger partial charge in [-0.25, -0.2) is 0 Å². The van der Waals surface area contributed by atoms with Gasteiger partial charge in [0.15, 0.2) is 0 Å². The van der Waals surface area contributed by atoms with E-state index in [0.29, 0.717) is 5.54 Å². The number of fused-ring (bicyclic) bond motifs is 1. The van der Waals surface area contributed by atoms with Crippen LogP contribution in [0.3, 0.4) is 0 Å². The van der Waals surface area contributed by atoms with Gasteiger partial charge in [-0.1, -0.05) is 12.2 Å². The van der Waals surface area contributed by atoms with E-state index in [9.17, 15) is 0 Å². The Morgan fingerprint density at radius 2 is 2.33 bits per heavy atom. The molecule has 2 saturated heterocycles. The van der Waals surface area contributed by atoms with E-state index in [0.717, 1.165) is 6.04 Å². The molecule has 2 aliphatic heterocycles. The molecule has 2 heterocycles. The van der Waals surface area contributed by atoms with E-state index in [4.69, 9.17) is 0 Å². The monoisotopic (exact) mass is 165 g/mol. The Hall–Kier alpha value is -0.300. The van der Waals surface area contributed by atoms with Gasteiger partial charge in [-0.2, -0.15) is 0 Å². The van der Waals surface area contributed by atoms with Crippen LogP contribution in [0.15, 0.2) is 12.2 Å². The number of hydrogen-bond donors (Lipinski definition) is 0. The summed E-state index contributed by atoms with van der Waals surface area (Å²) in [6, 6.07) is 0.735. The zero-order valence-electron chi connectivity index (χ0n) is 8.27. The maximum Gasteiger partial charge on any atom is 0.0221 e. The maximum atomic E-state index is 4.14. The van der Waals surface area contributed by atoms with Gasteiger partial charge in [0, 0.05) is 11.6 Å². The van der Waals surface area contributed by atoms with Crippen LogP contribution in [0.25, 0.3) is 0 Å². The van der Waals surface area contributed by atoms with Gasteiger partial charge in [0.1, 0.15) is 0 Å². The number of rotatable bonds is 0. The second kappa shape index (κ2) is 2.59. The summed E-state index contributed by atoms with van der Waals surface area (Å²) < 4.78 is 0. The third-order valence-electron chi connectivity index (χ3n) is 3.55. The van der Waals surface area contributed by atoms with Gasteiger partial charge in [-0.05, 0) is 46.1 Å². The summed E-state index contributed by atoms with van der Waals surface area (Å²) in [6.45, 7) is 10.2. The van der Waals surface area contributed by atoms with E-state index in [1.165, 1.54) is 37.8 Å². The Morgan fingerprint density at radius 1 is 1.58 bits per heavy atom. The highest BCUT2D eigenvalue weighted by Crippen LogP contribution is 2.41. The average Bonchev–Trinajstić information content (AvgIpc) is 2.29. The largest absolute Gasteiger partial charge is 0.295 e. The number of hydrogen-bond acceptors (Lipinski definition) is 1. The van der Waals surface area contributed by atoms with Crippen molar-refractivity contribution in [3.05, 3.63) is 12.2 Å². The molecule has 12 heavy (non-hydrogen) atoms. The second-order valence-electron chi connectivity index (χ2n) is 4.77. The van der Waals surface area contributed by atoms with E-state index in [2.05, 4.69) is 25.3 Å². The smallest absolute Gasteiger partial charge is 0.0221 e. The van der Waals surface area contributed by atoms with Crippen LogP contribution < -0.4 is 0 Å². The molecule has 0 spiro atoms. The van der Waals surface area contributed by atoms with Gasteiger partial charge in [0.25, 0.3) is 0 Å². The number of nitrogens with zero attached hydrogens (tertiary/aromatic N) is 1. The highest BCUT2D eigenvalue weighted by atomic mass is 15.2. The van der Waals surface area contributed by atoms with Gasteiger partial charge >= 0.3 is 0 Å². The Kier molecular flexibility index (Phi) is 1.80. The molecule has 0 amide bonds. The minimum Gasteiger partial charge on any atom is -0.295 e. The van der Waals surface area contributed by atoms with E-state index < -0.39 is 0 Å². The summed E-state index contributed by atoms with van der Waals surface area (Å²) in [5.74, 6) is 0. The van der Waals surface area contributed by atoms with Crippen LogP contribution in [0.2, 0.25) is 0 Å². The van der Waals surface area contributed by atoms with Crippen molar-refractivity contribution < 1.29 is 0 Å². The summed E-state index contributed by atoms with van der Waals surface area (Å²) in [5, 5.41) is 0. The first kappa shape index (κ1) is 8.31. The Labute approximate surface area is 75.4 Å². The van der Waals surface area contributed by atoms with E-state index in [1.807, 2.05) is 0 Å². The van der Waals surface area contributed by atoms with Crippen LogP contribution in [0.5, 0.6) is 0 Å². The van der Waals surface area contributed by atoms with Crippen molar-refractivity contribution in [3.63, 3.8) is 0 Å². The summed E-state index contributed by atoms with van der Waals surface area (Å²) >= 11 is 0. The highest BCUT2D eigenvalue weighted by molar-refractivity contribution is 5.13. The van der Waals surface area contributed by atoms with Gasteiger partial charge < -0.3 is 0 Å². The first-order valence-electron chi connectivity index (χ1n) is 5.05. The molecular weight excluding hydrogens is 146 g/mol. The lowest BCUT2D eigenvalue weighted by atomic mass is 9.83. The topological polar surface area (TPSA) is 3.24 Å². The molecule has 0 bridgehead atoms. The fourth-order valence-electron chi connectivity index (χ4n) is 3.12. The molecule has 2 unspecified atom stereocenters. The quantitative estimate of drug-likeness (QED) is 0.499. The van der Waals surface area contributed by atoms with Crippen molar-refractivity contribution >= 4 is 0 Å². The van der Waals surface area contributed by atoms with Crippen LogP contribution in [-0.2, 0) is 0 Å². The van der Waals surface area contributed by atoms with Crippen LogP contribution in [0.1, 0.15) is 39.5 Å². The Morgan fingerprint density at radius 3 is 3.08 bits per heavy atom. The van der Waals surface area contributed by atoms with E-state index in [-0.39, 0.29) is 0 Å². The predicted octanol–water partition coefficient (Wildman–Crippen LogP) is 2.58. The molecule has 0 aromatic carbocycles. The first-order chi connectivity index (χ1) is 5.62. The van der Waals surface area contributed by atoms with Gasteiger partial charge in [0.2, 0.25) is 0 Å². The fourth-order valence-corrected chi connectivity index (χ4v) is 3.12. The molecule has 2 rings (SSSR count). The minimum atomic E-state index is 0.467. The molecule has 0 aromatic heterocycles. The molecule has 0 aromatic rings. The van der Waals surface area contributed by atoms with Crippen molar-refractivity contribution in [2.24, 2.45) is 0 Å². The second-order valence-corrected chi connectivity index (χ2v) is 4.77. The van der Waals surface area contributed by atoms with Crippen molar-refractivity contribution in [2.75, 3.05) is 6.54 Å². The average molecular weight is 165 g/mol. The lowest BCUT2D eigenvalue weighted by Gasteiger charge is -2.45. The third-order valence-corrected chi connectivity index (χ3v) is 3.55. The summed E-state index contributed by atoms with van der Waals surface area (Å²) in [6.07, 6.45) is 5.21. The van der Waals surface area contributed by atoms with Crippen molar-refractivity contribution in [3.8, 4) is 0 Å². The number of piperidine rings is 1. The molecule has 0 radical (unpaired) electrons. The fraction of sp³-hybridized carbons (Fsp3) is 0.818. The van der Waals surface area contributed by atoms with Crippen LogP contribution in [0, 0.1) is 0 Å². The molecule has 0 N–H and O–H groups in total. The summed E-state index contributed by atoms with van der Waals surface area (Å²) in [7, 11) is 0. The molecule has 2 atom stereocenters. The highest BCUT2D eigenvalue weighted by Gasteiger charge is 2.42. The van der Waals surface area contributed by atoms with Crippen LogP contribution in [-0.4, -0.2) is 23.0 Å². The minimum absolute atomic E-state index is 0.467. The third kappa shape index (κ3) is 1.11. The predicted molar refractivity (Wildman–Crippen MR) is 52.2 cm³/mol. The van der Waals surface area contributed by atoms with E-state index in [1.54, 1.807) is 0 Å². The van der Waals surface area contributed by atoms with Gasteiger partial charge in [-0.15, -0.1) is 0 Å². The lowest BCUT2D eigenvalue weighted by Crippen LogP contribution is -2.50. The summed E-state index contributed by atoms with van der Waals surface area (Å²) in [4.78, 5) is 2.68. The van der Waals surface area contributed by atoms with E-state index >= 15 is 0 Å². The normalized spacial score (nSPS) is 43.2. The molecule has 1 nitrogen and oxygen atoms in total. The zero-order valence-corrected chi connectivity index (χ0v) is 8.27.